The smallest absolute Gasteiger partial charge is 0.150 e. The minimum atomic E-state index is -0.0142. The van der Waals surface area contributed by atoms with Gasteiger partial charge in [0.05, 0.1) is 25.8 Å². The summed E-state index contributed by atoms with van der Waals surface area (Å²) in [6, 6.07) is 11.5. The van der Waals surface area contributed by atoms with Gasteiger partial charge in [-0.25, -0.2) is 15.0 Å². The van der Waals surface area contributed by atoms with E-state index < -0.39 is 0 Å². The second-order valence-corrected chi connectivity index (χ2v) is 6.21. The first-order chi connectivity index (χ1) is 12.8. The number of hydrogen-bond donors (Lipinski definition) is 1. The van der Waals surface area contributed by atoms with E-state index in [1.54, 1.807) is 12.4 Å². The van der Waals surface area contributed by atoms with Crippen LogP contribution in [0.1, 0.15) is 23.4 Å². The molecular formula is C19H21N5O2. The van der Waals surface area contributed by atoms with Crippen LogP contribution < -0.4 is 5.32 Å². The Morgan fingerprint density at radius 1 is 1.12 bits per heavy atom. The maximum atomic E-state index is 5.73. The van der Waals surface area contributed by atoms with Crippen molar-refractivity contribution in [2.24, 2.45) is 0 Å². The number of aromatic nitrogens is 3. The van der Waals surface area contributed by atoms with Gasteiger partial charge in [-0.05, 0) is 37.3 Å². The topological polar surface area (TPSA) is 76.3 Å². The zero-order chi connectivity index (χ0) is 17.8. The fourth-order valence-electron chi connectivity index (χ4n) is 3.01. The van der Waals surface area contributed by atoms with Crippen LogP contribution >= 0.6 is 0 Å². The predicted molar refractivity (Wildman–Crippen MR) is 97.0 cm³/mol. The van der Waals surface area contributed by atoms with Gasteiger partial charge in [-0.3, -0.25) is 4.90 Å². The van der Waals surface area contributed by atoms with Crippen LogP contribution in [0.15, 0.2) is 53.2 Å². The Hall–Kier alpha value is -2.77. The quantitative estimate of drug-likeness (QED) is 0.757. The molecule has 0 unspecified atom stereocenters. The first-order valence-corrected chi connectivity index (χ1v) is 8.66. The van der Waals surface area contributed by atoms with Gasteiger partial charge in [-0.1, -0.05) is 6.07 Å². The summed E-state index contributed by atoms with van der Waals surface area (Å²) < 4.78 is 11.4. The van der Waals surface area contributed by atoms with Crippen molar-refractivity contribution in [2.75, 3.05) is 25.1 Å². The van der Waals surface area contributed by atoms with E-state index in [1.165, 1.54) is 0 Å². The molecule has 1 aliphatic rings. The van der Waals surface area contributed by atoms with Crippen LogP contribution in [0.3, 0.4) is 0 Å². The maximum Gasteiger partial charge on any atom is 0.150 e. The van der Waals surface area contributed by atoms with Gasteiger partial charge in [0.15, 0.2) is 0 Å². The van der Waals surface area contributed by atoms with Gasteiger partial charge in [0, 0.05) is 18.9 Å². The third kappa shape index (κ3) is 3.89. The molecule has 7 nitrogen and oxygen atoms in total. The maximum absolute atomic E-state index is 5.73. The van der Waals surface area contributed by atoms with E-state index in [4.69, 9.17) is 9.15 Å². The summed E-state index contributed by atoms with van der Waals surface area (Å²) in [6.45, 7) is 4.74. The molecule has 4 heterocycles. The molecular weight excluding hydrogens is 330 g/mol. The summed E-state index contributed by atoms with van der Waals surface area (Å²) in [5, 5.41) is 3.21. The van der Waals surface area contributed by atoms with E-state index in [0.29, 0.717) is 25.6 Å². The van der Waals surface area contributed by atoms with Crippen molar-refractivity contribution in [1.29, 1.82) is 0 Å². The molecule has 134 valence electrons. The normalized spacial score (nSPS) is 18.0. The first kappa shape index (κ1) is 16.7. The number of anilines is 2. The molecule has 1 fully saturated rings. The molecule has 0 saturated carbocycles. The standard InChI is InChI=1S/C19H21N5O2/c1-14-5-6-15(26-14)12-24-10-11-25-13-16(24)19-21-9-7-18(23-19)22-17-4-2-3-8-20-17/h2-9,16H,10-13H2,1H3,(H,20,21,22,23)/t16-/m1/s1. The zero-order valence-corrected chi connectivity index (χ0v) is 14.6. The SMILES string of the molecule is Cc1ccc(CN2CCOC[C@@H]2c2nccc(Nc3ccccn3)n2)o1. The number of rotatable bonds is 5. The van der Waals surface area contributed by atoms with Gasteiger partial charge in [-0.15, -0.1) is 0 Å². The molecule has 1 saturated heterocycles. The van der Waals surface area contributed by atoms with E-state index >= 15 is 0 Å². The minimum Gasteiger partial charge on any atom is -0.465 e. The van der Waals surface area contributed by atoms with E-state index in [-0.39, 0.29) is 6.04 Å². The van der Waals surface area contributed by atoms with Gasteiger partial charge in [0.2, 0.25) is 0 Å². The number of pyridine rings is 1. The molecule has 7 heteroatoms. The number of ether oxygens (including phenoxy) is 1. The number of aryl methyl sites for hydroxylation is 1. The summed E-state index contributed by atoms with van der Waals surface area (Å²) in [6.07, 6.45) is 3.50. The van der Waals surface area contributed by atoms with E-state index in [9.17, 15) is 0 Å². The minimum absolute atomic E-state index is 0.0142. The van der Waals surface area contributed by atoms with Crippen molar-refractivity contribution >= 4 is 11.6 Å². The third-order valence-corrected chi connectivity index (χ3v) is 4.29. The second kappa shape index (κ2) is 7.63. The Morgan fingerprint density at radius 2 is 2.08 bits per heavy atom. The van der Waals surface area contributed by atoms with E-state index in [1.807, 2.05) is 43.3 Å². The van der Waals surface area contributed by atoms with Crippen LogP contribution in [0.2, 0.25) is 0 Å². The average molecular weight is 351 g/mol. The number of nitrogens with zero attached hydrogens (tertiary/aromatic N) is 4. The lowest BCUT2D eigenvalue weighted by molar-refractivity contribution is -0.0186. The van der Waals surface area contributed by atoms with Crippen LogP contribution in [0.25, 0.3) is 0 Å². The highest BCUT2D eigenvalue weighted by atomic mass is 16.5. The Labute approximate surface area is 152 Å². The number of furan rings is 1. The number of nitrogens with one attached hydrogen (secondary N) is 1. The third-order valence-electron chi connectivity index (χ3n) is 4.29. The van der Waals surface area contributed by atoms with Crippen molar-refractivity contribution in [3.05, 3.63) is 66.1 Å². The molecule has 26 heavy (non-hydrogen) atoms. The van der Waals surface area contributed by atoms with E-state index in [2.05, 4.69) is 25.2 Å². The van der Waals surface area contributed by atoms with Gasteiger partial charge in [0.1, 0.15) is 29.0 Å². The Kier molecular flexibility index (Phi) is 4.90. The van der Waals surface area contributed by atoms with E-state index in [0.717, 1.165) is 29.7 Å². The molecule has 0 aromatic carbocycles. The van der Waals surface area contributed by atoms with Gasteiger partial charge in [-0.2, -0.15) is 0 Å². The van der Waals surface area contributed by atoms with Crippen LogP contribution in [0.4, 0.5) is 11.6 Å². The van der Waals surface area contributed by atoms with Gasteiger partial charge < -0.3 is 14.5 Å². The molecule has 0 bridgehead atoms. The summed E-state index contributed by atoms with van der Waals surface area (Å²) in [4.78, 5) is 15.7. The molecule has 0 spiro atoms. The highest BCUT2D eigenvalue weighted by Crippen LogP contribution is 2.25. The molecule has 0 aliphatic carbocycles. The number of hydrogen-bond acceptors (Lipinski definition) is 7. The highest BCUT2D eigenvalue weighted by molar-refractivity contribution is 5.50. The van der Waals surface area contributed by atoms with Crippen LogP contribution in [-0.4, -0.2) is 39.6 Å². The van der Waals surface area contributed by atoms with Crippen molar-refractivity contribution in [2.45, 2.75) is 19.5 Å². The van der Waals surface area contributed by atoms with Crippen LogP contribution in [0, 0.1) is 6.92 Å². The fourth-order valence-corrected chi connectivity index (χ4v) is 3.01. The Balaban J connectivity index is 1.53. The van der Waals surface area contributed by atoms with Crippen molar-refractivity contribution in [1.82, 2.24) is 19.9 Å². The largest absolute Gasteiger partial charge is 0.465 e. The zero-order valence-electron chi connectivity index (χ0n) is 14.6. The number of morpholine rings is 1. The Bertz CT molecular complexity index is 852. The molecule has 1 N–H and O–H groups in total. The highest BCUT2D eigenvalue weighted by Gasteiger charge is 2.28. The van der Waals surface area contributed by atoms with Crippen LogP contribution in [0.5, 0.6) is 0 Å². The summed E-state index contributed by atoms with van der Waals surface area (Å²) in [5.41, 5.74) is 0. The lowest BCUT2D eigenvalue weighted by Crippen LogP contribution is -2.39. The summed E-state index contributed by atoms with van der Waals surface area (Å²) in [7, 11) is 0. The van der Waals surface area contributed by atoms with Crippen LogP contribution in [-0.2, 0) is 11.3 Å². The average Bonchev–Trinajstić information content (AvgIpc) is 3.08. The molecule has 0 amide bonds. The molecule has 4 rings (SSSR count). The molecule has 3 aromatic heterocycles. The van der Waals surface area contributed by atoms with Crippen molar-refractivity contribution in [3.8, 4) is 0 Å². The molecule has 1 aliphatic heterocycles. The van der Waals surface area contributed by atoms with Crippen molar-refractivity contribution in [3.63, 3.8) is 0 Å². The molecule has 0 radical (unpaired) electrons. The summed E-state index contributed by atoms with van der Waals surface area (Å²) in [5.74, 6) is 4.06. The van der Waals surface area contributed by atoms with Gasteiger partial charge >= 0.3 is 0 Å². The first-order valence-electron chi connectivity index (χ1n) is 8.66. The van der Waals surface area contributed by atoms with Gasteiger partial charge in [0.25, 0.3) is 0 Å². The lowest BCUT2D eigenvalue weighted by atomic mass is 10.2. The molecule has 1 atom stereocenters. The van der Waals surface area contributed by atoms with Crippen molar-refractivity contribution < 1.29 is 9.15 Å². The lowest BCUT2D eigenvalue weighted by Gasteiger charge is -2.33. The predicted octanol–water partition coefficient (Wildman–Crippen LogP) is 3.09. The second-order valence-electron chi connectivity index (χ2n) is 6.21. The fraction of sp³-hybridized carbons (Fsp3) is 0.316. The Morgan fingerprint density at radius 3 is 2.88 bits per heavy atom. The monoisotopic (exact) mass is 351 g/mol. The molecule has 3 aromatic rings. The summed E-state index contributed by atoms with van der Waals surface area (Å²) >= 11 is 0.